The predicted molar refractivity (Wildman–Crippen MR) is 84.4 cm³/mol. The maximum atomic E-state index is 12.3. The first kappa shape index (κ1) is 16.0. The Hall–Kier alpha value is -2.41. The Kier molecular flexibility index (Phi) is 5.91. The highest BCUT2D eigenvalue weighted by molar-refractivity contribution is 5.92. The van der Waals surface area contributed by atoms with Crippen LogP contribution in [0.3, 0.4) is 0 Å². The number of hydrogen-bond donors (Lipinski definition) is 3. The van der Waals surface area contributed by atoms with Crippen molar-refractivity contribution in [3.63, 3.8) is 0 Å². The van der Waals surface area contributed by atoms with E-state index in [0.717, 1.165) is 12.8 Å². The largest absolute Gasteiger partial charge is 0.395 e. The van der Waals surface area contributed by atoms with Crippen molar-refractivity contribution in [2.45, 2.75) is 19.8 Å². The van der Waals surface area contributed by atoms with E-state index in [9.17, 15) is 4.79 Å². The molecule has 0 bridgehead atoms. The van der Waals surface area contributed by atoms with Gasteiger partial charge in [0.2, 0.25) is 0 Å². The van der Waals surface area contributed by atoms with Crippen LogP contribution in [-0.2, 0) is 0 Å². The van der Waals surface area contributed by atoms with Crippen LogP contribution in [0.15, 0.2) is 30.6 Å². The van der Waals surface area contributed by atoms with Gasteiger partial charge in [-0.2, -0.15) is 5.10 Å². The van der Waals surface area contributed by atoms with Crippen molar-refractivity contribution in [1.82, 2.24) is 20.1 Å². The summed E-state index contributed by atoms with van der Waals surface area (Å²) in [6.45, 7) is 2.92. The monoisotopic (exact) mass is 303 g/mol. The third kappa shape index (κ3) is 4.05. The first-order valence-electron chi connectivity index (χ1n) is 7.37. The van der Waals surface area contributed by atoms with E-state index < -0.39 is 0 Å². The van der Waals surface area contributed by atoms with Crippen LogP contribution in [0.25, 0.3) is 11.4 Å². The van der Waals surface area contributed by atoms with Gasteiger partial charge in [0.1, 0.15) is 5.69 Å². The number of aromatic amines is 1. The Morgan fingerprint density at radius 3 is 2.95 bits per heavy atom. The molecule has 2 amide bonds. The van der Waals surface area contributed by atoms with E-state index >= 15 is 0 Å². The van der Waals surface area contributed by atoms with Crippen LogP contribution in [-0.4, -0.2) is 50.9 Å². The molecule has 0 saturated heterocycles. The summed E-state index contributed by atoms with van der Waals surface area (Å²) in [5, 5.41) is 18.7. The zero-order valence-electron chi connectivity index (χ0n) is 12.6. The van der Waals surface area contributed by atoms with Crippen molar-refractivity contribution < 1.29 is 9.90 Å². The molecule has 0 aromatic carbocycles. The molecule has 0 aliphatic rings. The number of nitrogens with one attached hydrogen (secondary N) is 2. The summed E-state index contributed by atoms with van der Waals surface area (Å²) in [4.78, 5) is 18.2. The molecule has 0 unspecified atom stereocenters. The number of H-pyrrole nitrogens is 1. The molecule has 22 heavy (non-hydrogen) atoms. The van der Waals surface area contributed by atoms with E-state index in [-0.39, 0.29) is 12.6 Å². The van der Waals surface area contributed by atoms with Gasteiger partial charge in [-0.25, -0.2) is 4.79 Å². The van der Waals surface area contributed by atoms with Crippen LogP contribution in [0.5, 0.6) is 0 Å². The van der Waals surface area contributed by atoms with Crippen molar-refractivity contribution in [2.75, 3.05) is 25.0 Å². The number of pyridine rings is 1. The van der Waals surface area contributed by atoms with Gasteiger partial charge < -0.3 is 15.3 Å². The summed E-state index contributed by atoms with van der Waals surface area (Å²) < 4.78 is 0. The lowest BCUT2D eigenvalue weighted by atomic mass is 10.2. The highest BCUT2D eigenvalue weighted by Gasteiger charge is 2.16. The topological polar surface area (TPSA) is 94.1 Å². The van der Waals surface area contributed by atoms with E-state index in [1.807, 2.05) is 18.2 Å². The van der Waals surface area contributed by atoms with Crippen LogP contribution in [0, 0.1) is 0 Å². The highest BCUT2D eigenvalue weighted by Crippen LogP contribution is 2.23. The first-order valence-corrected chi connectivity index (χ1v) is 7.37. The maximum absolute atomic E-state index is 12.3. The number of nitrogens with zero attached hydrogens (tertiary/aromatic N) is 3. The fourth-order valence-corrected chi connectivity index (χ4v) is 2.07. The van der Waals surface area contributed by atoms with Crippen LogP contribution in [0.2, 0.25) is 0 Å². The minimum atomic E-state index is -0.249. The Morgan fingerprint density at radius 1 is 1.41 bits per heavy atom. The van der Waals surface area contributed by atoms with Gasteiger partial charge in [0, 0.05) is 19.3 Å². The molecule has 0 aliphatic heterocycles. The Labute approximate surface area is 129 Å². The molecular weight excluding hydrogens is 282 g/mol. The number of aliphatic hydroxyl groups excluding tert-OH is 1. The summed E-state index contributed by atoms with van der Waals surface area (Å²) in [6.07, 6.45) is 5.12. The second-order valence-electron chi connectivity index (χ2n) is 4.87. The molecule has 7 nitrogen and oxygen atoms in total. The van der Waals surface area contributed by atoms with Gasteiger partial charge in [0.15, 0.2) is 0 Å². The predicted octanol–water partition coefficient (Wildman–Crippen LogP) is 2.10. The van der Waals surface area contributed by atoms with Crippen LogP contribution in [0.1, 0.15) is 19.8 Å². The standard InChI is InChI=1S/C15H21N5O2/c1-2-3-8-20(9-10-21)15(22)18-13-11-17-19-14(13)12-6-4-5-7-16-12/h4-7,11,21H,2-3,8-10H2,1H3,(H,17,19)(H,18,22). The second-order valence-corrected chi connectivity index (χ2v) is 4.87. The Bertz CT molecular complexity index is 585. The molecule has 0 radical (unpaired) electrons. The minimum absolute atomic E-state index is 0.0599. The van der Waals surface area contributed by atoms with Gasteiger partial charge >= 0.3 is 6.03 Å². The number of carbonyl (C=O) groups excluding carboxylic acids is 1. The number of anilines is 1. The number of rotatable bonds is 7. The van der Waals surface area contributed by atoms with Gasteiger partial charge in [-0.15, -0.1) is 0 Å². The van der Waals surface area contributed by atoms with Crippen molar-refractivity contribution in [1.29, 1.82) is 0 Å². The quantitative estimate of drug-likeness (QED) is 0.730. The van der Waals surface area contributed by atoms with Crippen LogP contribution < -0.4 is 5.32 Å². The molecule has 0 saturated carbocycles. The lowest BCUT2D eigenvalue weighted by Crippen LogP contribution is -2.37. The molecular formula is C15H21N5O2. The van der Waals surface area contributed by atoms with Crippen molar-refractivity contribution in [2.24, 2.45) is 0 Å². The fourth-order valence-electron chi connectivity index (χ4n) is 2.07. The van der Waals surface area contributed by atoms with Gasteiger partial charge in [0.25, 0.3) is 0 Å². The summed E-state index contributed by atoms with van der Waals surface area (Å²) in [6, 6.07) is 5.28. The van der Waals surface area contributed by atoms with E-state index in [4.69, 9.17) is 5.11 Å². The van der Waals surface area contributed by atoms with Crippen molar-refractivity contribution in [3.8, 4) is 11.4 Å². The van der Waals surface area contributed by atoms with Crippen molar-refractivity contribution in [3.05, 3.63) is 30.6 Å². The second kappa shape index (κ2) is 8.14. The van der Waals surface area contributed by atoms with E-state index in [2.05, 4.69) is 27.4 Å². The number of carbonyl (C=O) groups is 1. The normalized spacial score (nSPS) is 10.5. The molecule has 0 aliphatic carbocycles. The van der Waals surface area contributed by atoms with E-state index in [1.165, 1.54) is 0 Å². The third-order valence-electron chi connectivity index (χ3n) is 3.24. The molecule has 2 aromatic heterocycles. The van der Waals surface area contributed by atoms with E-state index in [1.54, 1.807) is 17.3 Å². The number of aliphatic hydroxyl groups is 1. The van der Waals surface area contributed by atoms with Gasteiger partial charge in [-0.3, -0.25) is 10.1 Å². The zero-order valence-corrected chi connectivity index (χ0v) is 12.6. The number of urea groups is 1. The van der Waals surface area contributed by atoms with E-state index in [0.29, 0.717) is 30.2 Å². The molecule has 2 heterocycles. The zero-order chi connectivity index (χ0) is 15.8. The third-order valence-corrected chi connectivity index (χ3v) is 3.24. The average molecular weight is 303 g/mol. The molecule has 0 spiro atoms. The highest BCUT2D eigenvalue weighted by atomic mass is 16.3. The Morgan fingerprint density at radius 2 is 2.27 bits per heavy atom. The van der Waals surface area contributed by atoms with Crippen LogP contribution >= 0.6 is 0 Å². The van der Waals surface area contributed by atoms with Crippen LogP contribution in [0.4, 0.5) is 10.5 Å². The fraction of sp³-hybridized carbons (Fsp3) is 0.400. The molecule has 118 valence electrons. The summed E-state index contributed by atoms with van der Waals surface area (Å²) in [7, 11) is 0. The molecule has 0 atom stereocenters. The summed E-state index contributed by atoms with van der Waals surface area (Å²) in [5.74, 6) is 0. The van der Waals surface area contributed by atoms with Gasteiger partial charge in [0.05, 0.1) is 24.2 Å². The lowest BCUT2D eigenvalue weighted by Gasteiger charge is -2.21. The molecule has 0 fully saturated rings. The SMILES string of the molecule is CCCCN(CCO)C(=O)Nc1cn[nH]c1-c1ccccn1. The smallest absolute Gasteiger partial charge is 0.322 e. The molecule has 3 N–H and O–H groups in total. The van der Waals surface area contributed by atoms with Gasteiger partial charge in [-0.05, 0) is 18.6 Å². The first-order chi connectivity index (χ1) is 10.8. The van der Waals surface area contributed by atoms with Gasteiger partial charge in [-0.1, -0.05) is 19.4 Å². The van der Waals surface area contributed by atoms with Crippen molar-refractivity contribution >= 4 is 11.7 Å². The molecule has 2 rings (SSSR count). The summed E-state index contributed by atoms with van der Waals surface area (Å²) >= 11 is 0. The number of amides is 2. The lowest BCUT2D eigenvalue weighted by molar-refractivity contribution is 0.187. The molecule has 7 heteroatoms. The number of aromatic nitrogens is 3. The number of unbranched alkanes of at least 4 members (excludes halogenated alkanes) is 1. The maximum Gasteiger partial charge on any atom is 0.322 e. The number of hydrogen-bond acceptors (Lipinski definition) is 4. The average Bonchev–Trinajstić information content (AvgIpc) is 3.00. The Balaban J connectivity index is 2.10. The molecule has 2 aromatic rings. The summed E-state index contributed by atoms with van der Waals surface area (Å²) in [5.41, 5.74) is 1.94. The minimum Gasteiger partial charge on any atom is -0.395 e.